The topological polar surface area (TPSA) is 0 Å². The average molecular weight is 278 g/mol. The van der Waals surface area contributed by atoms with Crippen molar-refractivity contribution in [1.29, 1.82) is 0 Å². The number of benzene rings is 1. The largest absolute Gasteiger partial charge is 0.175 e. The van der Waals surface area contributed by atoms with Gasteiger partial charge in [0.1, 0.15) is 0 Å². The summed E-state index contributed by atoms with van der Waals surface area (Å²) in [6.45, 7) is 0. The molecule has 0 saturated carbocycles. The second kappa shape index (κ2) is 5.04. The molecule has 0 N–H and O–H groups in total. The molecule has 0 aliphatic rings. The number of rotatable bonds is 3. The van der Waals surface area contributed by atoms with Crippen LogP contribution < -0.4 is 0 Å². The molecule has 0 saturated heterocycles. The second-order valence-corrected chi connectivity index (χ2v) is 4.11. The molecule has 0 aromatic heterocycles. The third kappa shape index (κ3) is 3.47. The highest BCUT2D eigenvalue weighted by Crippen LogP contribution is 2.09. The molecule has 0 amide bonds. The van der Waals surface area contributed by atoms with E-state index < -0.39 is 0 Å². The van der Waals surface area contributed by atoms with Crippen molar-refractivity contribution in [2.75, 3.05) is 4.43 Å². The van der Waals surface area contributed by atoms with Crippen molar-refractivity contribution >= 4 is 35.2 Å². The Morgan fingerprint density at radius 2 is 1.91 bits per heavy atom. The zero-order valence-corrected chi connectivity index (χ0v) is 9.26. The average Bonchev–Trinajstić information content (AvgIpc) is 2.06. The Hall–Kier alpha value is 0.300. The van der Waals surface area contributed by atoms with Crippen molar-refractivity contribution in [1.82, 2.24) is 0 Å². The molecule has 0 aliphatic carbocycles. The van der Waals surface area contributed by atoms with Gasteiger partial charge in [-0.05, 0) is 12.0 Å². The smallest absolute Gasteiger partial charge is 0.0147 e. The molecule has 0 heterocycles. The molecule has 0 bridgehead atoms. The van der Waals surface area contributed by atoms with E-state index in [2.05, 4.69) is 59.5 Å². The summed E-state index contributed by atoms with van der Waals surface area (Å²) in [5.41, 5.74) is 1.38. The standard InChI is InChI=1S/C9H11IS/c10-7-9(11)6-8-4-2-1-3-5-8/h1-5,9,11H,6-7H2. The predicted molar refractivity (Wildman–Crippen MR) is 61.8 cm³/mol. The number of thiol groups is 1. The lowest BCUT2D eigenvalue weighted by molar-refractivity contribution is 0.974. The first-order valence-electron chi connectivity index (χ1n) is 3.61. The summed E-state index contributed by atoms with van der Waals surface area (Å²) in [7, 11) is 0. The second-order valence-electron chi connectivity index (χ2n) is 2.50. The van der Waals surface area contributed by atoms with Crippen molar-refractivity contribution in [2.24, 2.45) is 0 Å². The minimum absolute atomic E-state index is 0.498. The van der Waals surface area contributed by atoms with Crippen LogP contribution in [0.15, 0.2) is 30.3 Å². The maximum Gasteiger partial charge on any atom is 0.0147 e. The molecule has 1 unspecified atom stereocenters. The molecule has 1 aromatic carbocycles. The fourth-order valence-corrected chi connectivity index (χ4v) is 1.46. The molecular formula is C9H11IS. The van der Waals surface area contributed by atoms with E-state index in [-0.39, 0.29) is 0 Å². The summed E-state index contributed by atoms with van der Waals surface area (Å²) in [5.74, 6) is 0. The summed E-state index contributed by atoms with van der Waals surface area (Å²) in [5, 5.41) is 0.498. The Kier molecular flexibility index (Phi) is 4.30. The predicted octanol–water partition coefficient (Wildman–Crippen LogP) is 2.96. The first kappa shape index (κ1) is 9.39. The summed E-state index contributed by atoms with van der Waals surface area (Å²) < 4.78 is 1.11. The van der Waals surface area contributed by atoms with Crippen LogP contribution in [0.3, 0.4) is 0 Å². The van der Waals surface area contributed by atoms with Gasteiger partial charge in [0, 0.05) is 9.68 Å². The molecule has 0 spiro atoms. The van der Waals surface area contributed by atoms with E-state index in [0.717, 1.165) is 10.8 Å². The van der Waals surface area contributed by atoms with Crippen LogP contribution in [0.5, 0.6) is 0 Å². The lowest BCUT2D eigenvalue weighted by Gasteiger charge is -2.05. The first-order valence-corrected chi connectivity index (χ1v) is 5.65. The fraction of sp³-hybridized carbons (Fsp3) is 0.333. The van der Waals surface area contributed by atoms with Crippen LogP contribution in [-0.4, -0.2) is 9.68 Å². The van der Waals surface area contributed by atoms with Crippen LogP contribution >= 0.6 is 35.2 Å². The van der Waals surface area contributed by atoms with E-state index in [4.69, 9.17) is 0 Å². The summed E-state index contributed by atoms with van der Waals surface area (Å²) >= 11 is 6.80. The molecule has 0 fully saturated rings. The number of halogens is 1. The highest BCUT2D eigenvalue weighted by atomic mass is 127. The van der Waals surface area contributed by atoms with Gasteiger partial charge < -0.3 is 0 Å². The molecule has 60 valence electrons. The van der Waals surface area contributed by atoms with Crippen LogP contribution in [0.25, 0.3) is 0 Å². The third-order valence-electron chi connectivity index (χ3n) is 1.49. The maximum atomic E-state index is 4.43. The van der Waals surface area contributed by atoms with Crippen LogP contribution in [-0.2, 0) is 6.42 Å². The first-order chi connectivity index (χ1) is 5.33. The van der Waals surface area contributed by atoms with E-state index in [1.54, 1.807) is 0 Å². The van der Waals surface area contributed by atoms with Gasteiger partial charge in [-0.1, -0.05) is 52.9 Å². The van der Waals surface area contributed by atoms with Gasteiger partial charge in [-0.25, -0.2) is 0 Å². The van der Waals surface area contributed by atoms with Gasteiger partial charge in [0.05, 0.1) is 0 Å². The number of alkyl halides is 1. The third-order valence-corrected chi connectivity index (χ3v) is 3.62. The molecule has 1 rings (SSSR count). The quantitative estimate of drug-likeness (QED) is 0.490. The summed E-state index contributed by atoms with van der Waals surface area (Å²) in [4.78, 5) is 0. The molecule has 0 aliphatic heterocycles. The van der Waals surface area contributed by atoms with E-state index in [1.165, 1.54) is 5.56 Å². The number of hydrogen-bond acceptors (Lipinski definition) is 1. The van der Waals surface area contributed by atoms with Gasteiger partial charge in [-0.3, -0.25) is 0 Å². The van der Waals surface area contributed by atoms with E-state index >= 15 is 0 Å². The van der Waals surface area contributed by atoms with Gasteiger partial charge in [0.2, 0.25) is 0 Å². The highest BCUT2D eigenvalue weighted by Gasteiger charge is 2.00. The molecule has 1 atom stereocenters. The molecular weight excluding hydrogens is 267 g/mol. The Labute approximate surface area is 86.9 Å². The van der Waals surface area contributed by atoms with Crippen molar-refractivity contribution in [3.8, 4) is 0 Å². The van der Waals surface area contributed by atoms with Gasteiger partial charge in [-0.15, -0.1) is 0 Å². The maximum absolute atomic E-state index is 4.43. The van der Waals surface area contributed by atoms with E-state index in [9.17, 15) is 0 Å². The van der Waals surface area contributed by atoms with Crippen molar-refractivity contribution in [2.45, 2.75) is 11.7 Å². The molecule has 11 heavy (non-hydrogen) atoms. The Morgan fingerprint density at radius 1 is 1.27 bits per heavy atom. The normalized spacial score (nSPS) is 12.9. The minimum atomic E-state index is 0.498. The molecule has 1 aromatic rings. The number of hydrogen-bond donors (Lipinski definition) is 1. The van der Waals surface area contributed by atoms with Crippen molar-refractivity contribution < 1.29 is 0 Å². The van der Waals surface area contributed by atoms with Crippen LogP contribution in [0, 0.1) is 0 Å². The van der Waals surface area contributed by atoms with E-state index in [0.29, 0.717) is 5.25 Å². The SMILES string of the molecule is SC(CI)Cc1ccccc1. The zero-order chi connectivity index (χ0) is 8.10. The van der Waals surface area contributed by atoms with Crippen LogP contribution in [0.4, 0.5) is 0 Å². The van der Waals surface area contributed by atoms with Crippen LogP contribution in [0.2, 0.25) is 0 Å². The van der Waals surface area contributed by atoms with Crippen molar-refractivity contribution in [3.05, 3.63) is 35.9 Å². The Balaban J connectivity index is 2.51. The van der Waals surface area contributed by atoms with Gasteiger partial charge >= 0.3 is 0 Å². The molecule has 0 radical (unpaired) electrons. The Morgan fingerprint density at radius 3 is 2.45 bits per heavy atom. The lowest BCUT2D eigenvalue weighted by Crippen LogP contribution is -2.03. The molecule has 0 nitrogen and oxygen atoms in total. The fourth-order valence-electron chi connectivity index (χ4n) is 0.941. The van der Waals surface area contributed by atoms with Crippen molar-refractivity contribution in [3.63, 3.8) is 0 Å². The van der Waals surface area contributed by atoms with E-state index in [1.807, 2.05) is 6.07 Å². The summed E-state index contributed by atoms with van der Waals surface area (Å²) in [6, 6.07) is 10.5. The summed E-state index contributed by atoms with van der Waals surface area (Å²) in [6.07, 6.45) is 1.08. The van der Waals surface area contributed by atoms with Gasteiger partial charge in [0.25, 0.3) is 0 Å². The highest BCUT2D eigenvalue weighted by molar-refractivity contribution is 14.1. The Bertz CT molecular complexity index is 198. The monoisotopic (exact) mass is 278 g/mol. The minimum Gasteiger partial charge on any atom is -0.175 e. The van der Waals surface area contributed by atoms with Crippen LogP contribution in [0.1, 0.15) is 5.56 Å². The lowest BCUT2D eigenvalue weighted by atomic mass is 10.1. The van der Waals surface area contributed by atoms with Gasteiger partial charge in [-0.2, -0.15) is 12.6 Å². The van der Waals surface area contributed by atoms with Gasteiger partial charge in [0.15, 0.2) is 0 Å². The molecule has 2 heteroatoms. The zero-order valence-electron chi connectivity index (χ0n) is 6.20.